The molecule has 0 aliphatic carbocycles. The van der Waals surface area contributed by atoms with E-state index in [0.29, 0.717) is 18.1 Å². The highest BCUT2D eigenvalue weighted by Gasteiger charge is 2.20. The van der Waals surface area contributed by atoms with Crippen LogP contribution in [0.25, 0.3) is 0 Å². The summed E-state index contributed by atoms with van der Waals surface area (Å²) in [4.78, 5) is 4.37. The van der Waals surface area contributed by atoms with Gasteiger partial charge in [0, 0.05) is 1.43 Å². The van der Waals surface area contributed by atoms with E-state index in [1.807, 2.05) is 12.1 Å². The number of benzene rings is 1. The number of rotatable bonds is 3. The Bertz CT molecular complexity index is 440. The van der Waals surface area contributed by atoms with E-state index in [1.54, 1.807) is 18.2 Å². The van der Waals surface area contributed by atoms with Gasteiger partial charge in [-0.05, 0) is 18.6 Å². The molecule has 0 saturated heterocycles. The second-order valence-electron chi connectivity index (χ2n) is 3.44. The molecule has 3 nitrogen and oxygen atoms in total. The summed E-state index contributed by atoms with van der Waals surface area (Å²) in [5.41, 5.74) is 0.657. The first-order chi connectivity index (χ1) is 8.31. The number of terminal acetylenes is 1. The molecular formula is C14H17NO2. The number of nitrogens with zero attached hydrogens (tertiary/aromatic N) is 1. The molecule has 0 radical (unpaired) electrons. The quantitative estimate of drug-likeness (QED) is 0.641. The minimum atomic E-state index is 0. The zero-order chi connectivity index (χ0) is 12.7. The van der Waals surface area contributed by atoms with Crippen LogP contribution in [0.1, 0.15) is 13.4 Å². The lowest BCUT2D eigenvalue weighted by Gasteiger charge is -2.02. The van der Waals surface area contributed by atoms with E-state index >= 15 is 0 Å². The fourth-order valence-electron chi connectivity index (χ4n) is 1.53. The zero-order valence-electron chi connectivity index (χ0n) is 9.54. The zero-order valence-corrected chi connectivity index (χ0v) is 9.54. The predicted molar refractivity (Wildman–Crippen MR) is 71.2 cm³/mol. The topological polar surface area (TPSA) is 41.8 Å². The van der Waals surface area contributed by atoms with Crippen LogP contribution in [0.5, 0.6) is 5.75 Å². The number of para-hydroxylation sites is 1. The maximum Gasteiger partial charge on any atom is 0.220 e. The van der Waals surface area contributed by atoms with Gasteiger partial charge in [-0.1, -0.05) is 18.2 Å². The van der Waals surface area contributed by atoms with Crippen molar-refractivity contribution in [1.82, 2.24) is 0 Å². The second-order valence-corrected chi connectivity index (χ2v) is 3.44. The molecule has 17 heavy (non-hydrogen) atoms. The molecule has 1 aliphatic heterocycles. The Kier molecular flexibility index (Phi) is 4.83. The third-order valence-electron chi connectivity index (χ3n) is 2.29. The number of hydrogen-bond acceptors (Lipinski definition) is 3. The van der Waals surface area contributed by atoms with Gasteiger partial charge in [-0.3, -0.25) is 0 Å². The van der Waals surface area contributed by atoms with Crippen molar-refractivity contribution >= 4 is 5.90 Å². The molecule has 0 aromatic heterocycles. The Morgan fingerprint density at radius 3 is 2.88 bits per heavy atom. The van der Waals surface area contributed by atoms with Crippen LogP contribution in [0.15, 0.2) is 41.9 Å². The van der Waals surface area contributed by atoms with Crippen molar-refractivity contribution in [3.8, 4) is 18.6 Å². The highest BCUT2D eigenvalue weighted by molar-refractivity contribution is 5.97. The molecule has 0 unspecified atom stereocenters. The summed E-state index contributed by atoms with van der Waals surface area (Å²) in [7, 11) is 0. The van der Waals surface area contributed by atoms with Gasteiger partial charge in [0.2, 0.25) is 5.90 Å². The van der Waals surface area contributed by atoms with Crippen LogP contribution >= 0.6 is 0 Å². The summed E-state index contributed by atoms with van der Waals surface area (Å²) in [5, 5.41) is 9.61. The van der Waals surface area contributed by atoms with Crippen molar-refractivity contribution in [2.75, 3.05) is 6.61 Å². The Hall–Kier alpha value is -2.21. The molecule has 1 heterocycles. The van der Waals surface area contributed by atoms with Gasteiger partial charge in [0.1, 0.15) is 12.4 Å². The lowest BCUT2D eigenvalue weighted by atomic mass is 10.2. The van der Waals surface area contributed by atoms with E-state index in [1.165, 1.54) is 0 Å². The van der Waals surface area contributed by atoms with Gasteiger partial charge in [0.15, 0.2) is 0 Å². The Labute approximate surface area is 103 Å². The molecule has 0 fully saturated rings. The summed E-state index contributed by atoms with van der Waals surface area (Å²) in [6.45, 7) is 4.23. The van der Waals surface area contributed by atoms with Crippen molar-refractivity contribution < 1.29 is 11.3 Å². The van der Waals surface area contributed by atoms with Crippen LogP contribution in [-0.2, 0) is 4.74 Å². The van der Waals surface area contributed by atoms with E-state index in [2.05, 4.69) is 24.4 Å². The van der Waals surface area contributed by atoms with E-state index in [-0.39, 0.29) is 13.2 Å². The molecule has 90 valence electrons. The summed E-state index contributed by atoms with van der Waals surface area (Å²) >= 11 is 0. The number of phenols is 1. The number of aromatic hydroxyl groups is 1. The van der Waals surface area contributed by atoms with Gasteiger partial charge in [0.25, 0.3) is 0 Å². The highest BCUT2D eigenvalue weighted by atomic mass is 16.5. The van der Waals surface area contributed by atoms with Crippen LogP contribution in [-0.4, -0.2) is 23.7 Å². The standard InChI is InChI=1S/C12H13NO2.C2H2.H2/c1-2-5-9-8-15-12(13-9)10-6-3-4-7-11(10)14;1-2;/h2-4,6-7,9,14H,1,5,8H2;1-2H;1H/t9-;;/m1../s1. The predicted octanol–water partition coefficient (Wildman–Crippen LogP) is 2.61. The molecule has 0 spiro atoms. The van der Waals surface area contributed by atoms with Crippen molar-refractivity contribution in [1.29, 1.82) is 0 Å². The lowest BCUT2D eigenvalue weighted by molar-refractivity contribution is 0.317. The van der Waals surface area contributed by atoms with Crippen molar-refractivity contribution in [3.05, 3.63) is 42.5 Å². The average molecular weight is 231 g/mol. The fraction of sp³-hybridized carbons (Fsp3) is 0.214. The Morgan fingerprint density at radius 2 is 2.24 bits per heavy atom. The maximum atomic E-state index is 9.61. The van der Waals surface area contributed by atoms with E-state index < -0.39 is 0 Å². The van der Waals surface area contributed by atoms with Crippen LogP contribution in [0.2, 0.25) is 0 Å². The smallest absolute Gasteiger partial charge is 0.220 e. The molecule has 0 amide bonds. The Morgan fingerprint density at radius 1 is 1.53 bits per heavy atom. The molecule has 3 heteroatoms. The molecular weight excluding hydrogens is 214 g/mol. The molecule has 1 N–H and O–H groups in total. The third-order valence-corrected chi connectivity index (χ3v) is 2.29. The maximum absolute atomic E-state index is 9.61. The molecule has 1 aliphatic rings. The van der Waals surface area contributed by atoms with E-state index in [4.69, 9.17) is 4.74 Å². The average Bonchev–Trinajstić information content (AvgIpc) is 2.81. The van der Waals surface area contributed by atoms with Gasteiger partial charge in [-0.2, -0.15) is 0 Å². The monoisotopic (exact) mass is 231 g/mol. The lowest BCUT2D eigenvalue weighted by Crippen LogP contribution is -2.04. The van der Waals surface area contributed by atoms with Gasteiger partial charge in [-0.15, -0.1) is 19.4 Å². The molecule has 1 aromatic rings. The molecule has 1 aromatic carbocycles. The number of hydrogen-bond donors (Lipinski definition) is 1. The highest BCUT2D eigenvalue weighted by Crippen LogP contribution is 2.21. The first-order valence-corrected chi connectivity index (χ1v) is 5.24. The van der Waals surface area contributed by atoms with Crippen LogP contribution in [0, 0.1) is 12.8 Å². The van der Waals surface area contributed by atoms with Gasteiger partial charge in [0.05, 0.1) is 11.6 Å². The number of aliphatic imine (C=N–C) groups is 1. The molecule has 2 rings (SSSR count). The largest absolute Gasteiger partial charge is 0.507 e. The molecule has 0 saturated carbocycles. The third kappa shape index (κ3) is 3.12. The number of ether oxygens (including phenoxy) is 1. The summed E-state index contributed by atoms with van der Waals surface area (Å²) in [6, 6.07) is 7.18. The molecule has 1 atom stereocenters. The van der Waals surface area contributed by atoms with E-state index in [0.717, 1.165) is 6.42 Å². The summed E-state index contributed by atoms with van der Waals surface area (Å²) in [5.74, 6) is 0.732. The second kappa shape index (κ2) is 6.39. The van der Waals surface area contributed by atoms with Crippen molar-refractivity contribution in [2.24, 2.45) is 4.99 Å². The van der Waals surface area contributed by atoms with E-state index in [9.17, 15) is 5.11 Å². The van der Waals surface area contributed by atoms with Gasteiger partial charge in [-0.25, -0.2) is 4.99 Å². The SMILES string of the molecule is C#C.C=CC[C@@H]1COC(c2ccccc2O)=N1.[HH]. The number of phenolic OH excluding ortho intramolecular Hbond substituents is 1. The van der Waals surface area contributed by atoms with Crippen LogP contribution < -0.4 is 0 Å². The molecule has 0 bridgehead atoms. The normalized spacial score (nSPS) is 17.3. The van der Waals surface area contributed by atoms with Crippen LogP contribution in [0.4, 0.5) is 0 Å². The van der Waals surface area contributed by atoms with Crippen molar-refractivity contribution in [2.45, 2.75) is 12.5 Å². The van der Waals surface area contributed by atoms with Gasteiger partial charge < -0.3 is 9.84 Å². The Balaban J connectivity index is 0.000000917. The van der Waals surface area contributed by atoms with Crippen molar-refractivity contribution in [3.63, 3.8) is 0 Å². The first-order valence-electron chi connectivity index (χ1n) is 5.24. The minimum absolute atomic E-state index is 0. The minimum Gasteiger partial charge on any atom is -0.507 e. The van der Waals surface area contributed by atoms with Gasteiger partial charge >= 0.3 is 0 Å². The summed E-state index contributed by atoms with van der Waals surface area (Å²) < 4.78 is 5.43. The first kappa shape index (κ1) is 12.9. The van der Waals surface area contributed by atoms with Crippen LogP contribution in [0.3, 0.4) is 0 Å². The summed E-state index contributed by atoms with van der Waals surface area (Å²) in [6.07, 6.45) is 10.6. The fourth-order valence-corrected chi connectivity index (χ4v) is 1.53.